The number of aromatic nitrogens is 3. The van der Waals surface area contributed by atoms with Crippen LogP contribution in [0.15, 0.2) is 47.3 Å². The second-order valence-electron chi connectivity index (χ2n) is 3.98. The molecule has 5 nitrogen and oxygen atoms in total. The van der Waals surface area contributed by atoms with Crippen molar-refractivity contribution < 1.29 is 0 Å². The van der Waals surface area contributed by atoms with Gasteiger partial charge in [0.05, 0.1) is 12.2 Å². The van der Waals surface area contributed by atoms with E-state index in [4.69, 9.17) is 5.73 Å². The minimum Gasteiger partial charge on any atom is -0.324 e. The molecule has 0 radical (unpaired) electrons. The Morgan fingerprint density at radius 2 is 1.94 bits per heavy atom. The van der Waals surface area contributed by atoms with Crippen LogP contribution in [0.2, 0.25) is 0 Å². The van der Waals surface area contributed by atoms with Crippen LogP contribution >= 0.6 is 0 Å². The quantitative estimate of drug-likeness (QED) is 0.706. The maximum absolute atomic E-state index is 11.8. The van der Waals surface area contributed by atoms with E-state index in [1.165, 1.54) is 4.57 Å². The van der Waals surface area contributed by atoms with Gasteiger partial charge in [-0.2, -0.15) is 5.10 Å². The fourth-order valence-electron chi connectivity index (χ4n) is 2.12. The Bertz CT molecular complexity index is 752. The summed E-state index contributed by atoms with van der Waals surface area (Å²) in [7, 11) is 0. The van der Waals surface area contributed by atoms with Crippen molar-refractivity contribution in [3.05, 3.63) is 58.8 Å². The Labute approximate surface area is 103 Å². The first-order valence-electron chi connectivity index (χ1n) is 5.66. The smallest absolute Gasteiger partial charge is 0.324 e. The molecule has 3 N–H and O–H groups in total. The van der Waals surface area contributed by atoms with E-state index in [1.54, 1.807) is 0 Å². The average Bonchev–Trinajstić information content (AvgIpc) is 2.79. The van der Waals surface area contributed by atoms with Crippen molar-refractivity contribution in [3.8, 4) is 5.69 Å². The molecule has 5 heteroatoms. The molecule has 0 saturated heterocycles. The van der Waals surface area contributed by atoms with E-state index < -0.39 is 0 Å². The standard InChI is InChI=1S/C13H12N4O/c14-8-12-15-16-13(18)17(12)11-7-3-5-9-4-1-2-6-10(9)11/h1-7H,8,14H2,(H,16,18). The number of nitrogens with two attached hydrogens (primary N) is 1. The highest BCUT2D eigenvalue weighted by atomic mass is 16.1. The van der Waals surface area contributed by atoms with Gasteiger partial charge in [0.25, 0.3) is 0 Å². The lowest BCUT2D eigenvalue weighted by Crippen LogP contribution is -2.18. The third-order valence-electron chi connectivity index (χ3n) is 2.93. The fourth-order valence-corrected chi connectivity index (χ4v) is 2.12. The summed E-state index contributed by atoms with van der Waals surface area (Å²) in [5.74, 6) is 0.524. The van der Waals surface area contributed by atoms with Crippen LogP contribution in [0.3, 0.4) is 0 Å². The van der Waals surface area contributed by atoms with Gasteiger partial charge >= 0.3 is 5.69 Å². The van der Waals surface area contributed by atoms with Crippen molar-refractivity contribution in [1.29, 1.82) is 0 Å². The van der Waals surface area contributed by atoms with Crippen LogP contribution in [0, 0.1) is 0 Å². The summed E-state index contributed by atoms with van der Waals surface area (Å²) in [5, 5.41) is 8.42. The molecule has 0 aliphatic carbocycles. The Kier molecular flexibility index (Phi) is 2.46. The maximum atomic E-state index is 11.8. The summed E-state index contributed by atoms with van der Waals surface area (Å²) in [6.45, 7) is 0.210. The van der Waals surface area contributed by atoms with Gasteiger partial charge in [-0.25, -0.2) is 14.5 Å². The molecule has 0 saturated carbocycles. The molecule has 18 heavy (non-hydrogen) atoms. The van der Waals surface area contributed by atoms with E-state index in [2.05, 4.69) is 10.2 Å². The number of hydrogen-bond donors (Lipinski definition) is 2. The molecular formula is C13H12N4O. The van der Waals surface area contributed by atoms with E-state index in [9.17, 15) is 4.79 Å². The van der Waals surface area contributed by atoms with Gasteiger partial charge in [-0.3, -0.25) is 0 Å². The number of fused-ring (bicyclic) bond motifs is 1. The Balaban J connectivity index is 2.38. The third kappa shape index (κ3) is 1.53. The number of rotatable bonds is 2. The van der Waals surface area contributed by atoms with E-state index in [0.717, 1.165) is 16.5 Å². The van der Waals surface area contributed by atoms with Crippen molar-refractivity contribution in [1.82, 2.24) is 14.8 Å². The molecule has 0 atom stereocenters. The highest BCUT2D eigenvalue weighted by molar-refractivity contribution is 5.90. The monoisotopic (exact) mass is 240 g/mol. The van der Waals surface area contributed by atoms with Crippen LogP contribution in [0.25, 0.3) is 16.5 Å². The van der Waals surface area contributed by atoms with Crippen LogP contribution < -0.4 is 11.4 Å². The zero-order chi connectivity index (χ0) is 12.5. The number of benzene rings is 2. The second kappa shape index (κ2) is 4.12. The van der Waals surface area contributed by atoms with Crippen molar-refractivity contribution in [2.45, 2.75) is 6.54 Å². The average molecular weight is 240 g/mol. The summed E-state index contributed by atoms with van der Waals surface area (Å²) in [4.78, 5) is 11.8. The minimum atomic E-state index is -0.271. The Morgan fingerprint density at radius 1 is 1.17 bits per heavy atom. The van der Waals surface area contributed by atoms with E-state index >= 15 is 0 Å². The van der Waals surface area contributed by atoms with E-state index in [0.29, 0.717) is 5.82 Å². The maximum Gasteiger partial charge on any atom is 0.348 e. The largest absolute Gasteiger partial charge is 0.348 e. The zero-order valence-corrected chi connectivity index (χ0v) is 9.63. The number of hydrogen-bond acceptors (Lipinski definition) is 3. The molecule has 0 aliphatic rings. The molecule has 1 heterocycles. The van der Waals surface area contributed by atoms with Crippen LogP contribution in [0.5, 0.6) is 0 Å². The topological polar surface area (TPSA) is 76.7 Å². The second-order valence-corrected chi connectivity index (χ2v) is 3.98. The van der Waals surface area contributed by atoms with Crippen molar-refractivity contribution in [2.24, 2.45) is 5.73 Å². The van der Waals surface area contributed by atoms with Gasteiger partial charge in [0.2, 0.25) is 0 Å². The zero-order valence-electron chi connectivity index (χ0n) is 9.63. The first-order valence-corrected chi connectivity index (χ1v) is 5.66. The lowest BCUT2D eigenvalue weighted by molar-refractivity contribution is 0.855. The van der Waals surface area contributed by atoms with Crippen LogP contribution in [-0.2, 0) is 6.54 Å². The molecule has 3 aromatic rings. The van der Waals surface area contributed by atoms with Gasteiger partial charge in [-0.05, 0) is 11.5 Å². The molecule has 1 aromatic heterocycles. The highest BCUT2D eigenvalue weighted by Gasteiger charge is 2.11. The molecular weight excluding hydrogens is 228 g/mol. The molecule has 0 aliphatic heterocycles. The molecule has 0 spiro atoms. The molecule has 0 fully saturated rings. The van der Waals surface area contributed by atoms with Gasteiger partial charge in [-0.1, -0.05) is 36.4 Å². The first kappa shape index (κ1) is 10.7. The van der Waals surface area contributed by atoms with E-state index in [-0.39, 0.29) is 12.2 Å². The summed E-state index contributed by atoms with van der Waals surface area (Å²) in [6.07, 6.45) is 0. The minimum absolute atomic E-state index is 0.210. The van der Waals surface area contributed by atoms with Crippen LogP contribution in [0.4, 0.5) is 0 Å². The Morgan fingerprint density at radius 3 is 2.78 bits per heavy atom. The van der Waals surface area contributed by atoms with Gasteiger partial charge in [0.1, 0.15) is 0 Å². The fraction of sp³-hybridized carbons (Fsp3) is 0.0769. The number of H-pyrrole nitrogens is 1. The lowest BCUT2D eigenvalue weighted by Gasteiger charge is -2.08. The number of nitrogens with one attached hydrogen (secondary N) is 1. The van der Waals surface area contributed by atoms with E-state index in [1.807, 2.05) is 42.5 Å². The van der Waals surface area contributed by atoms with Crippen molar-refractivity contribution >= 4 is 10.8 Å². The van der Waals surface area contributed by atoms with Crippen LogP contribution in [0.1, 0.15) is 5.82 Å². The summed E-state index contributed by atoms with van der Waals surface area (Å²) in [6, 6.07) is 13.7. The number of aromatic amines is 1. The third-order valence-corrected chi connectivity index (χ3v) is 2.93. The van der Waals surface area contributed by atoms with Gasteiger partial charge in [0, 0.05) is 5.39 Å². The summed E-state index contributed by atoms with van der Waals surface area (Å²) >= 11 is 0. The van der Waals surface area contributed by atoms with Crippen molar-refractivity contribution in [2.75, 3.05) is 0 Å². The number of nitrogens with zero attached hydrogens (tertiary/aromatic N) is 2. The first-order chi connectivity index (χ1) is 8.81. The molecule has 90 valence electrons. The highest BCUT2D eigenvalue weighted by Crippen LogP contribution is 2.21. The molecule has 0 unspecified atom stereocenters. The molecule has 2 aromatic carbocycles. The lowest BCUT2D eigenvalue weighted by atomic mass is 10.1. The van der Waals surface area contributed by atoms with Crippen molar-refractivity contribution in [3.63, 3.8) is 0 Å². The molecule has 0 bridgehead atoms. The summed E-state index contributed by atoms with van der Waals surface area (Å²) < 4.78 is 1.52. The van der Waals surface area contributed by atoms with Gasteiger partial charge in [0.15, 0.2) is 5.82 Å². The van der Waals surface area contributed by atoms with Gasteiger partial charge < -0.3 is 5.73 Å². The normalized spacial score (nSPS) is 10.9. The predicted octanol–water partition coefficient (Wildman–Crippen LogP) is 1.17. The predicted molar refractivity (Wildman–Crippen MR) is 69.6 cm³/mol. The summed E-state index contributed by atoms with van der Waals surface area (Å²) in [5.41, 5.74) is 6.13. The SMILES string of the molecule is NCc1n[nH]c(=O)n1-c1cccc2ccccc12. The molecule has 0 amide bonds. The van der Waals surface area contributed by atoms with Gasteiger partial charge in [-0.15, -0.1) is 0 Å². The van der Waals surface area contributed by atoms with Crippen LogP contribution in [-0.4, -0.2) is 14.8 Å². The molecule has 3 rings (SSSR count). The Hall–Kier alpha value is -2.40.